The summed E-state index contributed by atoms with van der Waals surface area (Å²) < 4.78 is 31.5. The molecule has 0 unspecified atom stereocenters. The summed E-state index contributed by atoms with van der Waals surface area (Å²) in [4.78, 5) is 11.0. The molecule has 0 saturated heterocycles. The van der Waals surface area contributed by atoms with Gasteiger partial charge in [0.1, 0.15) is 0 Å². The standard InChI is InChI=1S/C16H18F2O2/c1-20-15(19)10-7-11-5-8-12(9-6-11)13-3-2-4-14(17)16(13)18/h2-4,7,10-12H,5-6,8-9H2,1H3. The van der Waals surface area contributed by atoms with Gasteiger partial charge >= 0.3 is 5.97 Å². The number of carbonyl (C=O) groups is 1. The van der Waals surface area contributed by atoms with Crippen LogP contribution in [0, 0.1) is 17.6 Å². The summed E-state index contributed by atoms with van der Waals surface area (Å²) in [6, 6.07) is 4.36. The van der Waals surface area contributed by atoms with Gasteiger partial charge in [0.25, 0.3) is 0 Å². The van der Waals surface area contributed by atoms with E-state index in [0.29, 0.717) is 11.5 Å². The van der Waals surface area contributed by atoms with Crippen LogP contribution < -0.4 is 0 Å². The second kappa shape index (κ2) is 6.64. The molecule has 0 spiro atoms. The first kappa shape index (κ1) is 14.7. The van der Waals surface area contributed by atoms with E-state index in [2.05, 4.69) is 4.74 Å². The second-order valence-corrected chi connectivity index (χ2v) is 5.14. The van der Waals surface area contributed by atoms with Crippen molar-refractivity contribution in [3.63, 3.8) is 0 Å². The number of halogens is 2. The van der Waals surface area contributed by atoms with Crippen LogP contribution in [0.4, 0.5) is 8.78 Å². The number of rotatable bonds is 3. The van der Waals surface area contributed by atoms with Crippen LogP contribution in [0.15, 0.2) is 30.4 Å². The van der Waals surface area contributed by atoms with Crippen LogP contribution in [-0.2, 0) is 9.53 Å². The first-order chi connectivity index (χ1) is 9.61. The summed E-state index contributed by atoms with van der Waals surface area (Å²) in [6.07, 6.45) is 6.63. The fourth-order valence-corrected chi connectivity index (χ4v) is 2.74. The van der Waals surface area contributed by atoms with Gasteiger partial charge in [0.05, 0.1) is 7.11 Å². The molecule has 0 radical (unpaired) electrons. The molecule has 0 heterocycles. The second-order valence-electron chi connectivity index (χ2n) is 5.14. The van der Waals surface area contributed by atoms with Gasteiger partial charge in [-0.2, -0.15) is 0 Å². The largest absolute Gasteiger partial charge is 0.466 e. The summed E-state index contributed by atoms with van der Waals surface area (Å²) in [5.41, 5.74) is 0.473. The predicted molar refractivity (Wildman–Crippen MR) is 72.2 cm³/mol. The maximum Gasteiger partial charge on any atom is 0.330 e. The Balaban J connectivity index is 1.96. The minimum Gasteiger partial charge on any atom is -0.466 e. The third kappa shape index (κ3) is 3.44. The summed E-state index contributed by atoms with van der Waals surface area (Å²) in [6.45, 7) is 0. The quantitative estimate of drug-likeness (QED) is 0.618. The highest BCUT2D eigenvalue weighted by Gasteiger charge is 2.24. The van der Waals surface area contributed by atoms with E-state index in [1.54, 1.807) is 12.1 Å². The van der Waals surface area contributed by atoms with E-state index in [0.717, 1.165) is 31.7 Å². The van der Waals surface area contributed by atoms with Gasteiger partial charge in [-0.15, -0.1) is 0 Å². The van der Waals surface area contributed by atoms with Crippen molar-refractivity contribution in [3.05, 3.63) is 47.5 Å². The molecule has 2 rings (SSSR count). The van der Waals surface area contributed by atoms with Crippen molar-refractivity contribution in [1.82, 2.24) is 0 Å². The zero-order valence-electron chi connectivity index (χ0n) is 11.4. The summed E-state index contributed by atoms with van der Waals surface area (Å²) in [5, 5.41) is 0. The van der Waals surface area contributed by atoms with E-state index < -0.39 is 11.6 Å². The molecule has 0 aliphatic heterocycles. The molecule has 20 heavy (non-hydrogen) atoms. The number of benzene rings is 1. The van der Waals surface area contributed by atoms with Crippen LogP contribution in [0.25, 0.3) is 0 Å². The third-order valence-electron chi connectivity index (χ3n) is 3.90. The molecular weight excluding hydrogens is 262 g/mol. The molecule has 1 fully saturated rings. The van der Waals surface area contributed by atoms with Gasteiger partial charge in [0.15, 0.2) is 11.6 Å². The van der Waals surface area contributed by atoms with Crippen molar-refractivity contribution < 1.29 is 18.3 Å². The van der Waals surface area contributed by atoms with Crippen LogP contribution in [0.2, 0.25) is 0 Å². The predicted octanol–water partition coefficient (Wildman–Crippen LogP) is 3.97. The Hall–Kier alpha value is -1.71. The minimum atomic E-state index is -0.782. The fourth-order valence-electron chi connectivity index (χ4n) is 2.74. The average Bonchev–Trinajstić information content (AvgIpc) is 2.48. The summed E-state index contributed by atoms with van der Waals surface area (Å²) >= 11 is 0. The number of carbonyl (C=O) groups excluding carboxylic acids is 1. The van der Waals surface area contributed by atoms with Gasteiger partial charge in [-0.05, 0) is 49.1 Å². The van der Waals surface area contributed by atoms with Crippen molar-refractivity contribution in [2.45, 2.75) is 31.6 Å². The van der Waals surface area contributed by atoms with E-state index in [4.69, 9.17) is 0 Å². The van der Waals surface area contributed by atoms with Crippen LogP contribution >= 0.6 is 0 Å². The first-order valence-corrected chi connectivity index (χ1v) is 6.82. The minimum absolute atomic E-state index is 0.0634. The number of methoxy groups -OCH3 is 1. The number of esters is 1. The number of allylic oxidation sites excluding steroid dienone is 1. The molecule has 1 aliphatic carbocycles. The van der Waals surface area contributed by atoms with E-state index in [1.807, 2.05) is 6.08 Å². The molecule has 1 aromatic rings. The van der Waals surface area contributed by atoms with E-state index in [1.165, 1.54) is 13.2 Å². The van der Waals surface area contributed by atoms with Gasteiger partial charge in [-0.1, -0.05) is 18.2 Å². The zero-order chi connectivity index (χ0) is 14.5. The fraction of sp³-hybridized carbons (Fsp3) is 0.438. The SMILES string of the molecule is COC(=O)C=CC1CCC(c2cccc(F)c2F)CC1. The normalized spacial score (nSPS) is 22.9. The first-order valence-electron chi connectivity index (χ1n) is 6.82. The molecule has 1 saturated carbocycles. The van der Waals surface area contributed by atoms with E-state index >= 15 is 0 Å². The molecule has 4 heteroatoms. The Labute approximate surface area is 117 Å². The van der Waals surface area contributed by atoms with Crippen LogP contribution in [0.5, 0.6) is 0 Å². The maximum atomic E-state index is 13.7. The lowest BCUT2D eigenvalue weighted by Gasteiger charge is -2.27. The Morgan fingerprint density at radius 3 is 2.60 bits per heavy atom. The highest BCUT2D eigenvalue weighted by molar-refractivity contribution is 5.81. The molecule has 0 amide bonds. The number of hydrogen-bond acceptors (Lipinski definition) is 2. The molecule has 108 valence electrons. The van der Waals surface area contributed by atoms with Crippen molar-refractivity contribution >= 4 is 5.97 Å². The van der Waals surface area contributed by atoms with Crippen LogP contribution in [0.1, 0.15) is 37.2 Å². The highest BCUT2D eigenvalue weighted by Crippen LogP contribution is 2.37. The molecule has 0 aromatic heterocycles. The van der Waals surface area contributed by atoms with Gasteiger partial charge in [0, 0.05) is 6.08 Å². The lowest BCUT2D eigenvalue weighted by atomic mass is 9.78. The summed E-state index contributed by atoms with van der Waals surface area (Å²) in [5.74, 6) is -1.49. The Bertz CT molecular complexity index is 503. The van der Waals surface area contributed by atoms with Crippen LogP contribution in [0.3, 0.4) is 0 Å². The van der Waals surface area contributed by atoms with Gasteiger partial charge in [0.2, 0.25) is 0 Å². The topological polar surface area (TPSA) is 26.3 Å². The Kier molecular flexibility index (Phi) is 4.88. The van der Waals surface area contributed by atoms with Gasteiger partial charge in [-0.3, -0.25) is 0 Å². The molecule has 1 aliphatic rings. The molecule has 0 atom stereocenters. The lowest BCUT2D eigenvalue weighted by molar-refractivity contribution is -0.134. The number of hydrogen-bond donors (Lipinski definition) is 0. The van der Waals surface area contributed by atoms with E-state index in [9.17, 15) is 13.6 Å². The number of ether oxygens (including phenoxy) is 1. The van der Waals surface area contributed by atoms with E-state index in [-0.39, 0.29) is 11.9 Å². The Morgan fingerprint density at radius 1 is 1.25 bits per heavy atom. The Morgan fingerprint density at radius 2 is 1.95 bits per heavy atom. The molecule has 2 nitrogen and oxygen atoms in total. The summed E-state index contributed by atoms with van der Waals surface area (Å²) in [7, 11) is 1.34. The lowest BCUT2D eigenvalue weighted by Crippen LogP contribution is -2.13. The zero-order valence-corrected chi connectivity index (χ0v) is 11.4. The highest BCUT2D eigenvalue weighted by atomic mass is 19.2. The molecule has 1 aromatic carbocycles. The van der Waals surface area contributed by atoms with Crippen molar-refractivity contribution in [1.29, 1.82) is 0 Å². The third-order valence-corrected chi connectivity index (χ3v) is 3.90. The van der Waals surface area contributed by atoms with Crippen molar-refractivity contribution in [2.75, 3.05) is 7.11 Å². The van der Waals surface area contributed by atoms with Crippen LogP contribution in [-0.4, -0.2) is 13.1 Å². The molecule has 0 bridgehead atoms. The molecular formula is C16H18F2O2. The van der Waals surface area contributed by atoms with Crippen molar-refractivity contribution in [2.24, 2.45) is 5.92 Å². The van der Waals surface area contributed by atoms with Gasteiger partial charge < -0.3 is 4.74 Å². The monoisotopic (exact) mass is 280 g/mol. The van der Waals surface area contributed by atoms with Gasteiger partial charge in [-0.25, -0.2) is 13.6 Å². The smallest absolute Gasteiger partial charge is 0.330 e. The maximum absolute atomic E-state index is 13.7. The molecule has 0 N–H and O–H groups in total. The average molecular weight is 280 g/mol. The van der Waals surface area contributed by atoms with Crippen molar-refractivity contribution in [3.8, 4) is 0 Å².